The van der Waals surface area contributed by atoms with Crippen LogP contribution in [0.25, 0.3) is 11.1 Å². The van der Waals surface area contributed by atoms with E-state index in [0.717, 1.165) is 36.1 Å². The number of benzene rings is 1. The van der Waals surface area contributed by atoms with Crippen LogP contribution >= 0.6 is 0 Å². The standard InChI is InChI=1S/C23H26FN3O3/c1-13(2)29-15-6-8-20-18(11-15)23(12-28-22(25)27-23)17-10-14(5-7-19(17)30-20)16-4-3-9-26-21(16)24/h3-5,7,9-10,13,15,18,20H,6,8,11-12H2,1-2H3,(H2,25,27)/t15-,18?,20+,23?/m1/s1. The van der Waals surface area contributed by atoms with Gasteiger partial charge in [-0.05, 0) is 62.9 Å². The van der Waals surface area contributed by atoms with Crippen molar-refractivity contribution in [2.75, 3.05) is 6.61 Å². The molecule has 4 atom stereocenters. The topological polar surface area (TPSA) is 79.0 Å². The largest absolute Gasteiger partial charge is 0.490 e. The van der Waals surface area contributed by atoms with Gasteiger partial charge in [0.1, 0.15) is 24.0 Å². The summed E-state index contributed by atoms with van der Waals surface area (Å²) < 4.78 is 32.6. The Labute approximate surface area is 175 Å². The summed E-state index contributed by atoms with van der Waals surface area (Å²) in [5, 5.41) is 0. The Kier molecular flexibility index (Phi) is 4.65. The minimum atomic E-state index is -0.657. The SMILES string of the molecule is CC(C)O[C@@H]1CC[C@@H]2Oc3ccc(-c4cccnc4F)cc3C3(COC(N)=N3)C2C1. The van der Waals surface area contributed by atoms with E-state index in [1.165, 1.54) is 6.20 Å². The van der Waals surface area contributed by atoms with E-state index < -0.39 is 11.5 Å². The molecular weight excluding hydrogens is 385 g/mol. The lowest BCUT2D eigenvalue weighted by molar-refractivity contribution is -0.0791. The lowest BCUT2D eigenvalue weighted by atomic mass is 9.67. The van der Waals surface area contributed by atoms with Crippen molar-refractivity contribution >= 4 is 6.02 Å². The highest BCUT2D eigenvalue weighted by Crippen LogP contribution is 2.53. The summed E-state index contributed by atoms with van der Waals surface area (Å²) in [6.07, 6.45) is 4.41. The lowest BCUT2D eigenvalue weighted by Gasteiger charge is -2.48. The second kappa shape index (κ2) is 7.23. The Bertz CT molecular complexity index is 995. The number of hydrogen-bond acceptors (Lipinski definition) is 6. The van der Waals surface area contributed by atoms with Crippen LogP contribution in [0.4, 0.5) is 4.39 Å². The molecule has 5 rings (SSSR count). The maximum Gasteiger partial charge on any atom is 0.283 e. The average molecular weight is 411 g/mol. The highest BCUT2D eigenvalue weighted by atomic mass is 19.1. The van der Waals surface area contributed by atoms with Gasteiger partial charge >= 0.3 is 0 Å². The van der Waals surface area contributed by atoms with Gasteiger partial charge in [0.05, 0.1) is 12.2 Å². The predicted octanol–water partition coefficient (Wildman–Crippen LogP) is 3.78. The fraction of sp³-hybridized carbons (Fsp3) is 0.478. The molecule has 1 fully saturated rings. The summed E-state index contributed by atoms with van der Waals surface area (Å²) in [5.74, 6) is 0.321. The van der Waals surface area contributed by atoms with Gasteiger partial charge in [-0.2, -0.15) is 4.39 Å². The summed E-state index contributed by atoms with van der Waals surface area (Å²) in [6.45, 7) is 4.46. The zero-order valence-corrected chi connectivity index (χ0v) is 17.2. The van der Waals surface area contributed by atoms with Gasteiger partial charge in [-0.15, -0.1) is 0 Å². The van der Waals surface area contributed by atoms with E-state index in [9.17, 15) is 4.39 Å². The highest BCUT2D eigenvalue weighted by Gasteiger charge is 2.55. The molecule has 2 aliphatic heterocycles. The maximum atomic E-state index is 14.3. The molecular formula is C23H26FN3O3. The first kappa shape index (κ1) is 19.3. The minimum absolute atomic E-state index is 0.0174. The third kappa shape index (κ3) is 3.12. The normalized spacial score (nSPS) is 29.7. The molecule has 3 heterocycles. The van der Waals surface area contributed by atoms with Crippen molar-refractivity contribution in [3.63, 3.8) is 0 Å². The molecule has 7 heteroatoms. The van der Waals surface area contributed by atoms with E-state index in [4.69, 9.17) is 24.9 Å². The number of aliphatic imine (C=N–C) groups is 1. The third-order valence-electron chi connectivity index (χ3n) is 6.36. The molecule has 2 unspecified atom stereocenters. The molecule has 0 bridgehead atoms. The molecule has 30 heavy (non-hydrogen) atoms. The second-order valence-corrected chi connectivity index (χ2v) is 8.60. The number of ether oxygens (including phenoxy) is 3. The number of amidine groups is 1. The summed E-state index contributed by atoms with van der Waals surface area (Å²) in [5.41, 5.74) is 7.39. The molecule has 1 aromatic carbocycles. The molecule has 2 aromatic rings. The van der Waals surface area contributed by atoms with Crippen molar-refractivity contribution in [3.8, 4) is 16.9 Å². The van der Waals surface area contributed by atoms with Gasteiger partial charge in [0, 0.05) is 23.2 Å². The lowest BCUT2D eigenvalue weighted by Crippen LogP contribution is -2.52. The summed E-state index contributed by atoms with van der Waals surface area (Å²) in [6, 6.07) is 9.35. The van der Waals surface area contributed by atoms with Crippen LogP contribution in [0.2, 0.25) is 0 Å². The number of rotatable bonds is 3. The van der Waals surface area contributed by atoms with Crippen LogP contribution in [0.5, 0.6) is 5.75 Å². The van der Waals surface area contributed by atoms with Crippen molar-refractivity contribution in [2.24, 2.45) is 16.6 Å². The van der Waals surface area contributed by atoms with Crippen molar-refractivity contribution in [2.45, 2.75) is 57.0 Å². The number of pyridine rings is 1. The smallest absolute Gasteiger partial charge is 0.283 e. The Morgan fingerprint density at radius 2 is 2.13 bits per heavy atom. The molecule has 0 amide bonds. The predicted molar refractivity (Wildman–Crippen MR) is 111 cm³/mol. The van der Waals surface area contributed by atoms with Gasteiger partial charge in [-0.25, -0.2) is 9.98 Å². The van der Waals surface area contributed by atoms with Gasteiger partial charge in [0.25, 0.3) is 6.02 Å². The number of nitrogens with two attached hydrogens (primary N) is 1. The minimum Gasteiger partial charge on any atom is -0.490 e. The van der Waals surface area contributed by atoms with Crippen LogP contribution in [-0.2, 0) is 15.0 Å². The van der Waals surface area contributed by atoms with Crippen molar-refractivity contribution in [1.82, 2.24) is 4.98 Å². The van der Waals surface area contributed by atoms with Gasteiger partial charge < -0.3 is 19.9 Å². The third-order valence-corrected chi connectivity index (χ3v) is 6.36. The Morgan fingerprint density at radius 1 is 1.27 bits per heavy atom. The monoisotopic (exact) mass is 411 g/mol. The van der Waals surface area contributed by atoms with E-state index in [2.05, 4.69) is 18.8 Å². The average Bonchev–Trinajstić information content (AvgIpc) is 3.11. The molecule has 0 radical (unpaired) electrons. The molecule has 0 saturated heterocycles. The molecule has 1 spiro atoms. The van der Waals surface area contributed by atoms with E-state index in [1.54, 1.807) is 12.1 Å². The first-order valence-electron chi connectivity index (χ1n) is 10.5. The van der Waals surface area contributed by atoms with Crippen LogP contribution in [0.1, 0.15) is 38.7 Å². The molecule has 1 saturated carbocycles. The molecule has 1 aliphatic carbocycles. The fourth-order valence-corrected chi connectivity index (χ4v) is 5.13. The summed E-state index contributed by atoms with van der Waals surface area (Å²) in [7, 11) is 0. The maximum absolute atomic E-state index is 14.3. The Morgan fingerprint density at radius 3 is 2.87 bits per heavy atom. The molecule has 1 aromatic heterocycles. The fourth-order valence-electron chi connectivity index (χ4n) is 5.13. The van der Waals surface area contributed by atoms with Crippen LogP contribution in [0.15, 0.2) is 41.5 Å². The number of hydrogen-bond donors (Lipinski definition) is 1. The highest BCUT2D eigenvalue weighted by molar-refractivity contribution is 5.75. The van der Waals surface area contributed by atoms with Gasteiger partial charge in [-0.3, -0.25) is 0 Å². The first-order valence-corrected chi connectivity index (χ1v) is 10.5. The number of nitrogens with zero attached hydrogens (tertiary/aromatic N) is 2. The van der Waals surface area contributed by atoms with Crippen LogP contribution in [0, 0.1) is 11.9 Å². The molecule has 6 nitrogen and oxygen atoms in total. The van der Waals surface area contributed by atoms with E-state index >= 15 is 0 Å². The molecule has 2 N–H and O–H groups in total. The zero-order valence-electron chi connectivity index (χ0n) is 17.2. The summed E-state index contributed by atoms with van der Waals surface area (Å²) >= 11 is 0. The first-order chi connectivity index (χ1) is 14.5. The van der Waals surface area contributed by atoms with Crippen LogP contribution in [0.3, 0.4) is 0 Å². The van der Waals surface area contributed by atoms with Crippen molar-refractivity contribution in [3.05, 3.63) is 48.0 Å². The molecule has 158 valence electrons. The van der Waals surface area contributed by atoms with Crippen LogP contribution in [-0.4, -0.2) is 35.9 Å². The van der Waals surface area contributed by atoms with E-state index in [0.29, 0.717) is 12.2 Å². The van der Waals surface area contributed by atoms with Gasteiger partial charge in [0.2, 0.25) is 5.95 Å². The van der Waals surface area contributed by atoms with E-state index in [-0.39, 0.29) is 30.3 Å². The number of fused-ring (bicyclic) bond motifs is 4. The van der Waals surface area contributed by atoms with Gasteiger partial charge in [-0.1, -0.05) is 6.07 Å². The number of halogens is 1. The van der Waals surface area contributed by atoms with Crippen molar-refractivity contribution < 1.29 is 18.6 Å². The van der Waals surface area contributed by atoms with E-state index in [1.807, 2.05) is 18.2 Å². The molecule has 3 aliphatic rings. The zero-order chi connectivity index (χ0) is 20.9. The Balaban J connectivity index is 1.60. The van der Waals surface area contributed by atoms with Crippen LogP contribution < -0.4 is 10.5 Å². The quantitative estimate of drug-likeness (QED) is 0.778. The Hall–Kier alpha value is -2.67. The van der Waals surface area contributed by atoms with Gasteiger partial charge in [0.15, 0.2) is 0 Å². The number of aromatic nitrogens is 1. The second-order valence-electron chi connectivity index (χ2n) is 8.60. The van der Waals surface area contributed by atoms with Crippen molar-refractivity contribution in [1.29, 1.82) is 0 Å². The summed E-state index contributed by atoms with van der Waals surface area (Å²) in [4.78, 5) is 8.59.